The lowest BCUT2D eigenvalue weighted by Crippen LogP contribution is -2.12. The second-order valence-electron chi connectivity index (χ2n) is 4.22. The molecular weight excluding hydrogens is 252 g/mol. The molecule has 2 nitrogen and oxygen atoms in total. The molecule has 0 spiro atoms. The topological polar surface area (TPSA) is 26.3 Å². The van der Waals surface area contributed by atoms with Crippen molar-refractivity contribution in [3.63, 3.8) is 0 Å². The second kappa shape index (κ2) is 4.96. The smallest absolute Gasteiger partial charge is 0.341 e. The van der Waals surface area contributed by atoms with Gasteiger partial charge in [-0.15, -0.1) is 0 Å². The Bertz CT molecular complexity index is 483. The summed E-state index contributed by atoms with van der Waals surface area (Å²) in [5, 5.41) is 0. The number of rotatable bonds is 4. The Kier molecular flexibility index (Phi) is 3.54. The number of ether oxygens (including phenoxy) is 1. The first-order valence-electron chi connectivity index (χ1n) is 5.50. The van der Waals surface area contributed by atoms with Crippen molar-refractivity contribution >= 4 is 5.97 Å². The van der Waals surface area contributed by atoms with Crippen molar-refractivity contribution in [1.82, 2.24) is 0 Å². The predicted octanol–water partition coefficient (Wildman–Crippen LogP) is 3.20. The summed E-state index contributed by atoms with van der Waals surface area (Å²) in [6.07, 6.45) is 2.76. The van der Waals surface area contributed by atoms with E-state index in [-0.39, 0.29) is 6.61 Å². The largest absolute Gasteiger partial charge is 0.462 e. The Hall–Kier alpha value is -1.59. The van der Waals surface area contributed by atoms with Gasteiger partial charge in [0, 0.05) is 0 Å². The van der Waals surface area contributed by atoms with Gasteiger partial charge in [-0.05, 0) is 18.4 Å². The number of carbonyl (C=O) groups is 1. The average molecular weight is 262 g/mol. The SMILES string of the molecule is O=C(OCCC1CC1)c1cc(F)c(F)c(F)c1F. The van der Waals surface area contributed by atoms with Gasteiger partial charge in [-0.25, -0.2) is 22.4 Å². The van der Waals surface area contributed by atoms with Crippen molar-refractivity contribution < 1.29 is 27.1 Å². The van der Waals surface area contributed by atoms with Gasteiger partial charge in [-0.2, -0.15) is 0 Å². The van der Waals surface area contributed by atoms with Crippen LogP contribution >= 0.6 is 0 Å². The number of halogens is 4. The fraction of sp³-hybridized carbons (Fsp3) is 0.417. The van der Waals surface area contributed by atoms with Gasteiger partial charge in [0.15, 0.2) is 23.3 Å². The highest BCUT2D eigenvalue weighted by Gasteiger charge is 2.25. The molecule has 6 heteroatoms. The Morgan fingerprint density at radius 1 is 1.17 bits per heavy atom. The second-order valence-corrected chi connectivity index (χ2v) is 4.22. The lowest BCUT2D eigenvalue weighted by Gasteiger charge is -2.06. The number of hydrogen-bond acceptors (Lipinski definition) is 2. The molecule has 1 aromatic carbocycles. The van der Waals surface area contributed by atoms with E-state index in [1.165, 1.54) is 0 Å². The van der Waals surface area contributed by atoms with Gasteiger partial charge in [0.05, 0.1) is 6.61 Å². The van der Waals surface area contributed by atoms with Crippen molar-refractivity contribution in [1.29, 1.82) is 0 Å². The van der Waals surface area contributed by atoms with Gasteiger partial charge >= 0.3 is 5.97 Å². The van der Waals surface area contributed by atoms with Crippen LogP contribution in [0.2, 0.25) is 0 Å². The van der Waals surface area contributed by atoms with E-state index >= 15 is 0 Å². The summed E-state index contributed by atoms with van der Waals surface area (Å²) >= 11 is 0. The van der Waals surface area contributed by atoms with Crippen LogP contribution in [0.5, 0.6) is 0 Å². The Morgan fingerprint density at radius 2 is 1.83 bits per heavy atom. The minimum atomic E-state index is -2.01. The van der Waals surface area contributed by atoms with Crippen LogP contribution < -0.4 is 0 Å². The van der Waals surface area contributed by atoms with Crippen molar-refractivity contribution in [2.45, 2.75) is 19.3 Å². The van der Waals surface area contributed by atoms with E-state index in [1.54, 1.807) is 0 Å². The maximum absolute atomic E-state index is 13.2. The minimum absolute atomic E-state index is 0.0591. The van der Waals surface area contributed by atoms with Crippen molar-refractivity contribution in [3.05, 3.63) is 34.9 Å². The molecule has 0 aromatic heterocycles. The molecule has 98 valence electrons. The predicted molar refractivity (Wildman–Crippen MR) is 53.9 cm³/mol. The highest BCUT2D eigenvalue weighted by Crippen LogP contribution is 2.32. The number of esters is 1. The lowest BCUT2D eigenvalue weighted by molar-refractivity contribution is 0.0487. The zero-order chi connectivity index (χ0) is 13.3. The molecule has 0 saturated heterocycles. The van der Waals surface area contributed by atoms with Crippen LogP contribution in [0.25, 0.3) is 0 Å². The molecule has 0 bridgehead atoms. The molecule has 0 N–H and O–H groups in total. The van der Waals surface area contributed by atoms with Crippen LogP contribution in [-0.2, 0) is 4.74 Å². The molecule has 1 aliphatic carbocycles. The lowest BCUT2D eigenvalue weighted by atomic mass is 10.2. The fourth-order valence-electron chi connectivity index (χ4n) is 1.52. The van der Waals surface area contributed by atoms with E-state index in [2.05, 4.69) is 4.74 Å². The minimum Gasteiger partial charge on any atom is -0.462 e. The molecule has 0 aliphatic heterocycles. The van der Waals surface area contributed by atoms with Gasteiger partial charge in [0.2, 0.25) is 0 Å². The van der Waals surface area contributed by atoms with Crippen LogP contribution in [0.1, 0.15) is 29.6 Å². The molecular formula is C12H10F4O2. The van der Waals surface area contributed by atoms with Crippen LogP contribution in [0.15, 0.2) is 6.07 Å². The van der Waals surface area contributed by atoms with Gasteiger partial charge in [-0.3, -0.25) is 0 Å². The summed E-state index contributed by atoms with van der Waals surface area (Å²) in [6.45, 7) is 0.0591. The summed E-state index contributed by atoms with van der Waals surface area (Å²) in [5.74, 6) is -7.99. The zero-order valence-electron chi connectivity index (χ0n) is 9.31. The number of benzene rings is 1. The molecule has 0 atom stereocenters. The highest BCUT2D eigenvalue weighted by atomic mass is 19.2. The standard InChI is InChI=1S/C12H10F4O2/c13-8-5-7(9(14)11(16)10(8)15)12(17)18-4-3-6-1-2-6/h5-6H,1-4H2. The maximum atomic E-state index is 13.2. The Balaban J connectivity index is 2.08. The van der Waals surface area contributed by atoms with E-state index in [9.17, 15) is 22.4 Å². The van der Waals surface area contributed by atoms with Crippen LogP contribution in [0.4, 0.5) is 17.6 Å². The molecule has 0 unspecified atom stereocenters. The Morgan fingerprint density at radius 3 is 2.44 bits per heavy atom. The first-order chi connectivity index (χ1) is 8.50. The summed E-state index contributed by atoms with van der Waals surface area (Å²) in [5.41, 5.74) is -0.929. The van der Waals surface area contributed by atoms with E-state index < -0.39 is 34.8 Å². The van der Waals surface area contributed by atoms with Gasteiger partial charge < -0.3 is 4.74 Å². The fourth-order valence-corrected chi connectivity index (χ4v) is 1.52. The molecule has 2 rings (SSSR count). The quantitative estimate of drug-likeness (QED) is 0.360. The van der Waals surface area contributed by atoms with Crippen molar-refractivity contribution in [2.24, 2.45) is 5.92 Å². The third kappa shape index (κ3) is 2.63. The Labute approximate surface area is 101 Å². The third-order valence-corrected chi connectivity index (χ3v) is 2.78. The van der Waals surface area contributed by atoms with Gasteiger partial charge in [-0.1, -0.05) is 12.8 Å². The average Bonchev–Trinajstić information content (AvgIpc) is 3.15. The number of hydrogen-bond donors (Lipinski definition) is 0. The monoisotopic (exact) mass is 262 g/mol. The van der Waals surface area contributed by atoms with Gasteiger partial charge in [0.1, 0.15) is 5.56 Å². The number of carbonyl (C=O) groups excluding carboxylic acids is 1. The van der Waals surface area contributed by atoms with Crippen LogP contribution in [0.3, 0.4) is 0 Å². The van der Waals surface area contributed by atoms with Crippen LogP contribution in [0, 0.1) is 29.2 Å². The summed E-state index contributed by atoms with van der Waals surface area (Å²) in [7, 11) is 0. The first kappa shape index (κ1) is 12.9. The summed E-state index contributed by atoms with van der Waals surface area (Å²) < 4.78 is 56.3. The highest BCUT2D eigenvalue weighted by molar-refractivity contribution is 5.89. The molecule has 0 heterocycles. The molecule has 0 amide bonds. The van der Waals surface area contributed by atoms with Crippen molar-refractivity contribution in [3.8, 4) is 0 Å². The molecule has 0 radical (unpaired) electrons. The normalized spacial score (nSPS) is 14.7. The molecule has 1 aromatic rings. The first-order valence-corrected chi connectivity index (χ1v) is 5.50. The maximum Gasteiger partial charge on any atom is 0.341 e. The third-order valence-electron chi connectivity index (χ3n) is 2.78. The van der Waals surface area contributed by atoms with E-state index in [0.29, 0.717) is 18.4 Å². The van der Waals surface area contributed by atoms with E-state index in [4.69, 9.17) is 0 Å². The van der Waals surface area contributed by atoms with Crippen LogP contribution in [-0.4, -0.2) is 12.6 Å². The van der Waals surface area contributed by atoms with Crippen molar-refractivity contribution in [2.75, 3.05) is 6.61 Å². The molecule has 1 saturated carbocycles. The molecule has 1 aliphatic rings. The van der Waals surface area contributed by atoms with Gasteiger partial charge in [0.25, 0.3) is 0 Å². The molecule has 1 fully saturated rings. The zero-order valence-corrected chi connectivity index (χ0v) is 9.31. The van der Waals surface area contributed by atoms with E-state index in [0.717, 1.165) is 12.8 Å². The molecule has 18 heavy (non-hydrogen) atoms. The van der Waals surface area contributed by atoms with E-state index in [1.807, 2.05) is 0 Å². The summed E-state index contributed by atoms with van der Waals surface area (Å²) in [6, 6.07) is 0.299. The summed E-state index contributed by atoms with van der Waals surface area (Å²) in [4.78, 5) is 11.4.